The van der Waals surface area contributed by atoms with Crippen LogP contribution in [0.15, 0.2) is 34.0 Å². The highest BCUT2D eigenvalue weighted by Crippen LogP contribution is 2.41. The summed E-state index contributed by atoms with van der Waals surface area (Å²) in [6.07, 6.45) is 6.29. The van der Waals surface area contributed by atoms with Crippen molar-refractivity contribution in [2.45, 2.75) is 24.4 Å². The summed E-state index contributed by atoms with van der Waals surface area (Å²) in [5, 5.41) is 12.2. The first-order valence-electron chi connectivity index (χ1n) is 14.5. The molecule has 1 aromatic carbocycles. The summed E-state index contributed by atoms with van der Waals surface area (Å²) in [5.41, 5.74) is 3.89. The molecule has 2 aromatic rings. The number of β-lactam (4-membered cyclic amide) rings is 1. The van der Waals surface area contributed by atoms with Crippen molar-refractivity contribution < 1.29 is 33.5 Å². The van der Waals surface area contributed by atoms with E-state index in [1.54, 1.807) is 35.9 Å². The van der Waals surface area contributed by atoms with Crippen molar-refractivity contribution in [2.75, 3.05) is 36.8 Å². The van der Waals surface area contributed by atoms with Crippen LogP contribution in [-0.2, 0) is 33.5 Å². The molecule has 0 bridgehead atoms. The highest BCUT2D eigenvalue weighted by molar-refractivity contribution is 14.1. The molecule has 12 nitrogen and oxygen atoms in total. The van der Waals surface area contributed by atoms with Crippen LogP contribution in [0.2, 0.25) is 0 Å². The number of fused-ring (bicyclic) bond motifs is 1. The van der Waals surface area contributed by atoms with Crippen LogP contribution >= 0.6 is 80.5 Å². The Morgan fingerprint density at radius 3 is 2.46 bits per heavy atom. The summed E-state index contributed by atoms with van der Waals surface area (Å²) < 4.78 is 10.8. The van der Waals surface area contributed by atoms with Gasteiger partial charge in [-0.3, -0.25) is 14.5 Å². The number of nitrogens with one attached hydrogen (secondary N) is 2. The number of halogens is 1. The fourth-order valence-electron chi connectivity index (χ4n) is 5.33. The number of benzene rings is 1. The molecular weight excluding hydrogens is 869 g/mol. The van der Waals surface area contributed by atoms with E-state index >= 15 is 0 Å². The molecule has 2 N–H and O–H groups in total. The Hall–Kier alpha value is -2.76. The van der Waals surface area contributed by atoms with E-state index in [4.69, 9.17) is 14.3 Å². The van der Waals surface area contributed by atoms with Crippen LogP contribution in [0.3, 0.4) is 0 Å². The number of thiazole rings is 1. The van der Waals surface area contributed by atoms with Crippen LogP contribution in [0.5, 0.6) is 0 Å². The number of thioether (sulfide) groups is 1. The second-order valence-corrected chi connectivity index (χ2v) is 14.7. The molecule has 0 spiro atoms. The third-order valence-electron chi connectivity index (χ3n) is 7.65. The first-order chi connectivity index (χ1) is 24.1. The van der Waals surface area contributed by atoms with E-state index in [0.717, 1.165) is 10.9 Å². The first-order valence-corrected chi connectivity index (χ1v) is 20.8. The molecule has 2 amide bonds. The molecule has 19 heteroatoms. The van der Waals surface area contributed by atoms with Crippen LogP contribution in [0, 0.1) is 6.92 Å². The molecule has 1 aromatic heterocycles. The lowest BCUT2D eigenvalue weighted by atomic mass is 9.90. The highest BCUT2D eigenvalue weighted by atomic mass is 127. The first kappa shape index (κ1) is 40.0. The van der Waals surface area contributed by atoms with Crippen molar-refractivity contribution in [3.63, 3.8) is 0 Å². The van der Waals surface area contributed by atoms with E-state index in [1.165, 1.54) is 42.2 Å². The molecule has 1 fully saturated rings. The van der Waals surface area contributed by atoms with Crippen LogP contribution in [0.4, 0.5) is 5.13 Å². The van der Waals surface area contributed by atoms with E-state index in [0.29, 0.717) is 51.3 Å². The number of amides is 2. The summed E-state index contributed by atoms with van der Waals surface area (Å²) in [6.45, 7) is 1.82. The second kappa shape index (κ2) is 18.1. The lowest BCUT2D eigenvalue weighted by Gasteiger charge is -2.49. The summed E-state index contributed by atoms with van der Waals surface area (Å²) in [6, 6.07) is -0.994. The van der Waals surface area contributed by atoms with Gasteiger partial charge in [-0.25, -0.2) is 14.6 Å². The molecule has 1 saturated heterocycles. The number of alkyl halides is 1. The number of hydrogen-bond acceptors (Lipinski definition) is 12. The van der Waals surface area contributed by atoms with Crippen molar-refractivity contribution in [3.05, 3.63) is 62.3 Å². The number of oxime groups is 1. The lowest BCUT2D eigenvalue weighted by molar-refractivity contribution is -0.154. The van der Waals surface area contributed by atoms with E-state index in [9.17, 15) is 19.2 Å². The molecule has 3 unspecified atom stereocenters. The van der Waals surface area contributed by atoms with Crippen molar-refractivity contribution in [1.29, 1.82) is 0 Å². The van der Waals surface area contributed by atoms with Gasteiger partial charge in [0, 0.05) is 33.5 Å². The Morgan fingerprint density at radius 2 is 1.90 bits per heavy atom. The van der Waals surface area contributed by atoms with E-state index < -0.39 is 41.3 Å². The van der Waals surface area contributed by atoms with Crippen molar-refractivity contribution in [1.82, 2.24) is 15.2 Å². The quantitative estimate of drug-likeness (QED) is 0.0515. The Bertz CT molecular complexity index is 1880. The maximum Gasteiger partial charge on any atom is 0.355 e. The molecule has 50 heavy (non-hydrogen) atoms. The van der Waals surface area contributed by atoms with Crippen molar-refractivity contribution >= 4 is 144 Å². The molecular formula is C31H32IN5O7P4S2. The van der Waals surface area contributed by atoms with Gasteiger partial charge in [0.1, 0.15) is 22.8 Å². The number of ether oxygens (including phenoxy) is 2. The number of aromatic nitrogens is 1. The number of hydrogen-bond donors (Lipinski definition) is 2. The minimum atomic E-state index is -1.43. The van der Waals surface area contributed by atoms with Crippen LogP contribution < -0.4 is 15.9 Å². The number of carbonyl (C=O) groups is 4. The molecule has 0 aliphatic carbocycles. The number of methoxy groups -OCH3 is 2. The maximum absolute atomic E-state index is 14.0. The van der Waals surface area contributed by atoms with Crippen LogP contribution in [0.1, 0.15) is 39.6 Å². The number of allylic oxidation sites excluding steroid dienone is 2. The zero-order valence-corrected chi connectivity index (χ0v) is 34.8. The number of nitrogens with zero attached hydrogens (tertiary/aromatic N) is 3. The third kappa shape index (κ3) is 7.84. The standard InChI is InChI=1S/C31H32IN5O7P4S2/c1-14-20(17(10-46)16(9-45)18(11-47)25(14)48-5)24(30(41)43-4)44-36-21(19-13-50-31(33-2)34-19)26(38)35-22-27(39)37-23(29(40)42-3)15(7-6-8-32)12-49-28(22)37/h6-7,9-11,13,22,24,28,45-47H,5,8,12H2,1-4H3,(H,33,34)(H,35,38)/b7-6?,36-21+. The minimum Gasteiger partial charge on any atom is -0.466 e. The zero-order chi connectivity index (χ0) is 36.7. The average molecular weight is 902 g/mol. The molecule has 3 heterocycles. The summed E-state index contributed by atoms with van der Waals surface area (Å²) in [5.74, 6) is 2.82. The van der Waals surface area contributed by atoms with Gasteiger partial charge in [-0.15, -0.1) is 49.7 Å². The Balaban J connectivity index is 1.76. The van der Waals surface area contributed by atoms with Gasteiger partial charge >= 0.3 is 11.9 Å². The predicted molar refractivity (Wildman–Crippen MR) is 221 cm³/mol. The van der Waals surface area contributed by atoms with Crippen LogP contribution in [0.25, 0.3) is 0 Å². The Labute approximate surface area is 319 Å². The Morgan fingerprint density at radius 1 is 1.20 bits per heavy atom. The van der Waals surface area contributed by atoms with Gasteiger partial charge in [-0.2, -0.15) is 0 Å². The fourth-order valence-corrected chi connectivity index (χ4v) is 9.31. The van der Waals surface area contributed by atoms with Crippen molar-refractivity contribution in [3.8, 4) is 0 Å². The van der Waals surface area contributed by atoms with E-state index in [-0.39, 0.29) is 17.1 Å². The molecule has 0 saturated carbocycles. The molecule has 4 rings (SSSR count). The molecule has 262 valence electrons. The smallest absolute Gasteiger partial charge is 0.355 e. The molecule has 3 atom stereocenters. The van der Waals surface area contributed by atoms with Crippen LogP contribution in [-0.4, -0.2) is 106 Å². The average Bonchev–Trinajstić information content (AvgIpc) is 3.62. The summed E-state index contributed by atoms with van der Waals surface area (Å²) in [7, 11) is 15.3. The zero-order valence-electron chi connectivity index (χ0n) is 27.2. The lowest BCUT2D eigenvalue weighted by Crippen LogP contribution is -2.71. The third-order valence-corrected chi connectivity index (χ3v) is 12.1. The summed E-state index contributed by atoms with van der Waals surface area (Å²) >= 11 is 4.80. The van der Waals surface area contributed by atoms with Gasteiger partial charge in [-0.05, 0) is 52.1 Å². The van der Waals surface area contributed by atoms with Gasteiger partial charge < -0.3 is 24.9 Å². The minimum absolute atomic E-state index is 0.139. The monoisotopic (exact) mass is 901 g/mol. The number of carbonyl (C=O) groups excluding carboxylic acids is 4. The van der Waals surface area contributed by atoms with Gasteiger partial charge in [-0.1, -0.05) is 54.4 Å². The largest absolute Gasteiger partial charge is 0.466 e. The van der Waals surface area contributed by atoms with Gasteiger partial charge in [0.05, 0.1) is 14.2 Å². The molecule has 2 aliphatic heterocycles. The van der Waals surface area contributed by atoms with Gasteiger partial charge in [0.15, 0.2) is 10.8 Å². The van der Waals surface area contributed by atoms with E-state index in [2.05, 4.69) is 76.3 Å². The fraction of sp³-hybridized carbons (Fsp3) is 0.290. The normalized spacial score (nSPS) is 17.8. The van der Waals surface area contributed by atoms with Crippen molar-refractivity contribution in [2.24, 2.45) is 5.16 Å². The molecule has 2 aliphatic rings. The Kier molecular flexibility index (Phi) is 14.5. The number of esters is 2. The van der Waals surface area contributed by atoms with Gasteiger partial charge in [0.25, 0.3) is 11.8 Å². The SMILES string of the molecule is C=Pc1c(C)c(C(O/N=C(/C(=O)NC2C(=O)N3C(C(=O)OC)=C(C=CCI)CSC23)c2csc(NC)n2)C(=O)OC)c(C=P)c(C=P)c1C=P. The number of anilines is 1. The van der Waals surface area contributed by atoms with E-state index in [1.807, 2.05) is 13.0 Å². The van der Waals surface area contributed by atoms with Gasteiger partial charge in [0.2, 0.25) is 6.10 Å². The maximum atomic E-state index is 14.0. The second-order valence-electron chi connectivity index (χ2n) is 10.2. The summed E-state index contributed by atoms with van der Waals surface area (Å²) in [4.78, 5) is 65.3. The number of rotatable bonds is 15. The highest BCUT2D eigenvalue weighted by Gasteiger charge is 2.54. The predicted octanol–water partition coefficient (Wildman–Crippen LogP) is 3.83. The molecule has 0 radical (unpaired) electrons. The topological polar surface area (TPSA) is 149 Å².